The molecule has 0 atom stereocenters. The number of carbonyl (C=O) groups excluding carboxylic acids is 1. The molecule has 1 aliphatic heterocycles. The van der Waals surface area contributed by atoms with E-state index < -0.39 is 0 Å². The maximum Gasteiger partial charge on any atom is 0.255 e. The topological polar surface area (TPSA) is 41.1 Å². The van der Waals surface area contributed by atoms with Crippen molar-refractivity contribution in [2.75, 3.05) is 5.32 Å². The molecular weight excluding hydrogens is 255 g/mol. The number of benzene rings is 2. The van der Waals surface area contributed by atoms with Gasteiger partial charge in [0.1, 0.15) is 5.82 Å². The van der Waals surface area contributed by atoms with Crippen LogP contribution in [0, 0.1) is 12.7 Å². The quantitative estimate of drug-likeness (QED) is 0.880. The molecule has 2 aromatic carbocycles. The van der Waals surface area contributed by atoms with Crippen LogP contribution in [0.2, 0.25) is 0 Å². The number of anilines is 1. The predicted molar refractivity (Wildman–Crippen MR) is 76.1 cm³/mol. The van der Waals surface area contributed by atoms with Crippen LogP contribution < -0.4 is 10.6 Å². The molecule has 0 radical (unpaired) electrons. The van der Waals surface area contributed by atoms with Crippen LogP contribution in [0.1, 0.15) is 27.0 Å². The van der Waals surface area contributed by atoms with Crippen LogP contribution in [0.4, 0.5) is 10.1 Å². The first kappa shape index (κ1) is 12.8. The van der Waals surface area contributed by atoms with Crippen LogP contribution in [0.5, 0.6) is 0 Å². The standard InChI is InChI=1S/C16H15FN2O/c1-10-6-14(4-5-15(10)17)19-16(20)11-2-3-12-8-18-9-13(12)7-11/h2-7,18H,8-9H2,1H3,(H,19,20). The molecule has 0 spiro atoms. The van der Waals surface area contributed by atoms with E-state index in [-0.39, 0.29) is 11.7 Å². The van der Waals surface area contributed by atoms with E-state index in [0.29, 0.717) is 16.8 Å². The largest absolute Gasteiger partial charge is 0.322 e. The third kappa shape index (κ3) is 2.42. The second kappa shape index (κ2) is 5.06. The van der Waals surface area contributed by atoms with Gasteiger partial charge in [-0.3, -0.25) is 4.79 Å². The Kier molecular flexibility index (Phi) is 3.24. The zero-order valence-corrected chi connectivity index (χ0v) is 11.2. The third-order valence-corrected chi connectivity index (χ3v) is 3.52. The van der Waals surface area contributed by atoms with Crippen molar-refractivity contribution in [1.29, 1.82) is 0 Å². The van der Waals surface area contributed by atoms with Gasteiger partial charge in [0.15, 0.2) is 0 Å². The summed E-state index contributed by atoms with van der Waals surface area (Å²) in [6.07, 6.45) is 0. The molecule has 1 amide bonds. The van der Waals surface area contributed by atoms with Crippen molar-refractivity contribution in [2.24, 2.45) is 0 Å². The Morgan fingerprint density at radius 3 is 2.75 bits per heavy atom. The molecule has 0 fully saturated rings. The Bertz CT molecular complexity index is 682. The summed E-state index contributed by atoms with van der Waals surface area (Å²) in [7, 11) is 0. The summed E-state index contributed by atoms with van der Waals surface area (Å²) in [5.41, 5.74) is 4.13. The van der Waals surface area contributed by atoms with Crippen LogP contribution in [0.15, 0.2) is 36.4 Å². The van der Waals surface area contributed by atoms with E-state index in [2.05, 4.69) is 10.6 Å². The highest BCUT2D eigenvalue weighted by atomic mass is 19.1. The van der Waals surface area contributed by atoms with Gasteiger partial charge in [0.2, 0.25) is 0 Å². The van der Waals surface area contributed by atoms with Crippen LogP contribution in [0.25, 0.3) is 0 Å². The molecule has 0 aliphatic carbocycles. The predicted octanol–water partition coefficient (Wildman–Crippen LogP) is 2.99. The Morgan fingerprint density at radius 1 is 1.15 bits per heavy atom. The van der Waals surface area contributed by atoms with Gasteiger partial charge in [-0.1, -0.05) is 6.07 Å². The average molecular weight is 270 g/mol. The molecular formula is C16H15FN2O. The molecule has 2 aromatic rings. The first-order chi connectivity index (χ1) is 9.63. The fraction of sp³-hybridized carbons (Fsp3) is 0.188. The molecule has 3 rings (SSSR count). The van der Waals surface area contributed by atoms with Crippen molar-refractivity contribution in [2.45, 2.75) is 20.0 Å². The van der Waals surface area contributed by atoms with E-state index in [1.165, 1.54) is 11.6 Å². The van der Waals surface area contributed by atoms with Gasteiger partial charge in [-0.05, 0) is 53.9 Å². The molecule has 0 bridgehead atoms. The monoisotopic (exact) mass is 270 g/mol. The number of rotatable bonds is 2. The molecule has 3 nitrogen and oxygen atoms in total. The minimum atomic E-state index is -0.272. The highest BCUT2D eigenvalue weighted by molar-refractivity contribution is 6.04. The lowest BCUT2D eigenvalue weighted by molar-refractivity contribution is 0.102. The van der Waals surface area contributed by atoms with E-state index in [1.54, 1.807) is 19.1 Å². The summed E-state index contributed by atoms with van der Waals surface area (Å²) in [5, 5.41) is 6.04. The van der Waals surface area contributed by atoms with E-state index >= 15 is 0 Å². The van der Waals surface area contributed by atoms with Crippen molar-refractivity contribution in [3.05, 3.63) is 64.5 Å². The van der Waals surface area contributed by atoms with Crippen LogP contribution in [0.3, 0.4) is 0 Å². The molecule has 0 unspecified atom stereocenters. The molecule has 4 heteroatoms. The first-order valence-corrected chi connectivity index (χ1v) is 6.53. The molecule has 1 heterocycles. The van der Waals surface area contributed by atoms with Crippen molar-refractivity contribution in [1.82, 2.24) is 5.32 Å². The molecule has 1 aliphatic rings. The first-order valence-electron chi connectivity index (χ1n) is 6.53. The average Bonchev–Trinajstić information content (AvgIpc) is 2.90. The van der Waals surface area contributed by atoms with E-state index in [9.17, 15) is 9.18 Å². The van der Waals surface area contributed by atoms with Crippen LogP contribution in [-0.2, 0) is 13.1 Å². The van der Waals surface area contributed by atoms with E-state index in [1.807, 2.05) is 18.2 Å². The summed E-state index contributed by atoms with van der Waals surface area (Å²) in [4.78, 5) is 12.2. The maximum absolute atomic E-state index is 13.2. The minimum Gasteiger partial charge on any atom is -0.322 e. The lowest BCUT2D eigenvalue weighted by Gasteiger charge is -2.08. The molecule has 102 valence electrons. The summed E-state index contributed by atoms with van der Waals surface area (Å²) < 4.78 is 13.2. The van der Waals surface area contributed by atoms with Gasteiger partial charge < -0.3 is 10.6 Å². The van der Waals surface area contributed by atoms with Crippen LogP contribution in [-0.4, -0.2) is 5.91 Å². The third-order valence-electron chi connectivity index (χ3n) is 3.52. The minimum absolute atomic E-state index is 0.175. The van der Waals surface area contributed by atoms with Crippen molar-refractivity contribution in [3.63, 3.8) is 0 Å². The number of hydrogen-bond acceptors (Lipinski definition) is 2. The molecule has 20 heavy (non-hydrogen) atoms. The van der Waals surface area contributed by atoms with E-state index in [0.717, 1.165) is 18.7 Å². The summed E-state index contributed by atoms with van der Waals surface area (Å²) in [6.45, 7) is 3.33. The summed E-state index contributed by atoms with van der Waals surface area (Å²) >= 11 is 0. The highest BCUT2D eigenvalue weighted by Crippen LogP contribution is 2.19. The molecule has 0 saturated heterocycles. The number of nitrogens with one attached hydrogen (secondary N) is 2. The number of hydrogen-bond donors (Lipinski definition) is 2. The Labute approximate surface area is 116 Å². The van der Waals surface area contributed by atoms with Crippen molar-refractivity contribution >= 4 is 11.6 Å². The van der Waals surface area contributed by atoms with Crippen LogP contribution >= 0.6 is 0 Å². The zero-order valence-electron chi connectivity index (χ0n) is 11.2. The number of amides is 1. The smallest absolute Gasteiger partial charge is 0.255 e. The number of aryl methyl sites for hydroxylation is 1. The SMILES string of the molecule is Cc1cc(NC(=O)c2ccc3c(c2)CNC3)ccc1F. The summed E-state index contributed by atoms with van der Waals surface area (Å²) in [6, 6.07) is 10.2. The number of carbonyl (C=O) groups is 1. The Morgan fingerprint density at radius 2 is 1.95 bits per heavy atom. The fourth-order valence-electron chi connectivity index (χ4n) is 2.36. The van der Waals surface area contributed by atoms with Gasteiger partial charge in [0.05, 0.1) is 0 Å². The lowest BCUT2D eigenvalue weighted by atomic mass is 10.1. The summed E-state index contributed by atoms with van der Waals surface area (Å²) in [5.74, 6) is -0.447. The maximum atomic E-state index is 13.2. The van der Waals surface area contributed by atoms with Gasteiger partial charge in [-0.15, -0.1) is 0 Å². The fourth-order valence-corrected chi connectivity index (χ4v) is 2.36. The lowest BCUT2D eigenvalue weighted by Crippen LogP contribution is -2.12. The highest BCUT2D eigenvalue weighted by Gasteiger charge is 2.13. The van der Waals surface area contributed by atoms with Gasteiger partial charge in [0, 0.05) is 24.3 Å². The zero-order chi connectivity index (χ0) is 14.1. The van der Waals surface area contributed by atoms with Crippen molar-refractivity contribution < 1.29 is 9.18 Å². The second-order valence-electron chi connectivity index (χ2n) is 5.01. The van der Waals surface area contributed by atoms with Gasteiger partial charge in [0.25, 0.3) is 5.91 Å². The second-order valence-corrected chi connectivity index (χ2v) is 5.01. The number of halogens is 1. The van der Waals surface area contributed by atoms with E-state index in [4.69, 9.17) is 0 Å². The Hall–Kier alpha value is -2.20. The number of fused-ring (bicyclic) bond motifs is 1. The van der Waals surface area contributed by atoms with Gasteiger partial charge >= 0.3 is 0 Å². The van der Waals surface area contributed by atoms with Gasteiger partial charge in [-0.25, -0.2) is 4.39 Å². The molecule has 0 saturated carbocycles. The molecule has 2 N–H and O–H groups in total. The molecule has 0 aromatic heterocycles. The normalized spacial score (nSPS) is 13.1. The van der Waals surface area contributed by atoms with Gasteiger partial charge in [-0.2, -0.15) is 0 Å². The van der Waals surface area contributed by atoms with Crippen molar-refractivity contribution in [3.8, 4) is 0 Å². The Balaban J connectivity index is 1.80.